The van der Waals surface area contributed by atoms with Crippen LogP contribution >= 0.6 is 0 Å². The van der Waals surface area contributed by atoms with Gasteiger partial charge in [-0.3, -0.25) is 10.1 Å². The van der Waals surface area contributed by atoms with Crippen LogP contribution in [0.2, 0.25) is 0 Å². The summed E-state index contributed by atoms with van der Waals surface area (Å²) >= 11 is 0. The average Bonchev–Trinajstić information content (AvgIpc) is 2.27. The smallest absolute Gasteiger partial charge is 0.272 e. The number of primary sulfonamides is 1. The second-order valence-electron chi connectivity index (χ2n) is 4.91. The molecule has 20 heavy (non-hydrogen) atoms. The second-order valence-corrected chi connectivity index (χ2v) is 6.57. The first-order valence-electron chi connectivity index (χ1n) is 5.99. The Morgan fingerprint density at radius 3 is 2.45 bits per heavy atom. The summed E-state index contributed by atoms with van der Waals surface area (Å²) in [5.41, 5.74) is 1.16. The van der Waals surface area contributed by atoms with Crippen LogP contribution < -0.4 is 9.88 Å². The van der Waals surface area contributed by atoms with E-state index in [0.29, 0.717) is 16.9 Å². The van der Waals surface area contributed by atoms with Crippen molar-refractivity contribution in [2.75, 3.05) is 12.4 Å². The van der Waals surface area contributed by atoms with Gasteiger partial charge in [0.2, 0.25) is 10.0 Å². The van der Waals surface area contributed by atoms with Crippen LogP contribution in [0, 0.1) is 29.9 Å². The van der Waals surface area contributed by atoms with Crippen LogP contribution in [0.5, 0.6) is 5.75 Å². The summed E-state index contributed by atoms with van der Waals surface area (Å²) in [4.78, 5) is 10.3. The summed E-state index contributed by atoms with van der Waals surface area (Å²) in [6, 6.07) is 3.02. The molecule has 7 nitrogen and oxygen atoms in total. The molecule has 2 N–H and O–H groups in total. The van der Waals surface area contributed by atoms with Gasteiger partial charge in [-0.1, -0.05) is 6.92 Å². The van der Waals surface area contributed by atoms with Crippen LogP contribution in [0.4, 0.5) is 5.69 Å². The van der Waals surface area contributed by atoms with Gasteiger partial charge in [0.25, 0.3) is 5.69 Å². The Kier molecular flexibility index (Phi) is 5.07. The number of aryl methyl sites for hydroxylation is 2. The quantitative estimate of drug-likeness (QED) is 0.632. The molecule has 0 fully saturated rings. The van der Waals surface area contributed by atoms with E-state index in [0.717, 1.165) is 0 Å². The number of benzene rings is 1. The van der Waals surface area contributed by atoms with Crippen molar-refractivity contribution < 1.29 is 18.1 Å². The summed E-state index contributed by atoms with van der Waals surface area (Å²) in [5.74, 6) is 0.0761. The highest BCUT2D eigenvalue weighted by Crippen LogP contribution is 2.27. The lowest BCUT2D eigenvalue weighted by Crippen LogP contribution is -2.25. The summed E-state index contributed by atoms with van der Waals surface area (Å²) in [5, 5.41) is 15.7. The van der Waals surface area contributed by atoms with Gasteiger partial charge in [0.1, 0.15) is 5.75 Å². The molecule has 0 aliphatic carbocycles. The van der Waals surface area contributed by atoms with Crippen molar-refractivity contribution in [1.29, 1.82) is 0 Å². The Morgan fingerprint density at radius 1 is 1.35 bits per heavy atom. The van der Waals surface area contributed by atoms with Crippen molar-refractivity contribution in [3.05, 3.63) is 33.4 Å². The zero-order chi connectivity index (χ0) is 15.5. The molecule has 0 aliphatic rings. The van der Waals surface area contributed by atoms with Crippen LogP contribution in [-0.2, 0) is 10.0 Å². The number of hydrogen-bond acceptors (Lipinski definition) is 5. The van der Waals surface area contributed by atoms with E-state index in [1.54, 1.807) is 26.8 Å². The van der Waals surface area contributed by atoms with Crippen LogP contribution in [0.15, 0.2) is 12.1 Å². The van der Waals surface area contributed by atoms with Gasteiger partial charge >= 0.3 is 0 Å². The first-order chi connectivity index (χ1) is 9.10. The van der Waals surface area contributed by atoms with Gasteiger partial charge in [-0.25, -0.2) is 13.6 Å². The van der Waals surface area contributed by atoms with E-state index >= 15 is 0 Å². The summed E-state index contributed by atoms with van der Waals surface area (Å²) in [7, 11) is -3.53. The maximum atomic E-state index is 10.9. The zero-order valence-corrected chi connectivity index (χ0v) is 12.4. The van der Waals surface area contributed by atoms with Crippen molar-refractivity contribution >= 4 is 15.7 Å². The maximum Gasteiger partial charge on any atom is 0.272 e. The Bertz CT molecular complexity index is 613. The van der Waals surface area contributed by atoms with E-state index in [4.69, 9.17) is 9.88 Å². The molecule has 0 saturated carbocycles. The van der Waals surface area contributed by atoms with Crippen molar-refractivity contribution in [3.8, 4) is 5.75 Å². The number of ether oxygens (including phenoxy) is 1. The Hall–Kier alpha value is -1.67. The molecule has 1 aromatic carbocycles. The van der Waals surface area contributed by atoms with Gasteiger partial charge in [0.05, 0.1) is 17.3 Å². The Balaban J connectivity index is 2.79. The molecule has 1 unspecified atom stereocenters. The molecule has 1 aromatic rings. The van der Waals surface area contributed by atoms with Crippen LogP contribution in [0.25, 0.3) is 0 Å². The molecule has 0 bridgehead atoms. The maximum absolute atomic E-state index is 10.9. The van der Waals surface area contributed by atoms with Crippen molar-refractivity contribution in [2.24, 2.45) is 11.1 Å². The normalized spacial score (nSPS) is 13.0. The van der Waals surface area contributed by atoms with E-state index < -0.39 is 14.9 Å². The number of nitro groups is 1. The number of nitrogens with zero attached hydrogens (tertiary/aromatic N) is 1. The molecule has 8 heteroatoms. The monoisotopic (exact) mass is 302 g/mol. The fourth-order valence-electron chi connectivity index (χ4n) is 1.80. The average molecular weight is 302 g/mol. The van der Waals surface area contributed by atoms with Gasteiger partial charge < -0.3 is 4.74 Å². The summed E-state index contributed by atoms with van der Waals surface area (Å²) < 4.78 is 27.4. The predicted octanol–water partition coefficient (Wildman–Crippen LogP) is 1.52. The van der Waals surface area contributed by atoms with Crippen molar-refractivity contribution in [1.82, 2.24) is 0 Å². The number of hydrogen-bond donors (Lipinski definition) is 1. The minimum atomic E-state index is -3.53. The van der Waals surface area contributed by atoms with E-state index in [2.05, 4.69) is 0 Å². The Labute approximate surface area is 117 Å². The van der Waals surface area contributed by atoms with Gasteiger partial charge in [0, 0.05) is 17.5 Å². The molecular formula is C12H18N2O5S. The highest BCUT2D eigenvalue weighted by Gasteiger charge is 2.16. The van der Waals surface area contributed by atoms with Crippen LogP contribution in [0.3, 0.4) is 0 Å². The fraction of sp³-hybridized carbons (Fsp3) is 0.500. The molecule has 0 saturated heterocycles. The van der Waals surface area contributed by atoms with Gasteiger partial charge in [-0.15, -0.1) is 0 Å². The standard InChI is InChI=1S/C12H18N2O5S/c1-8(7-20(13,17)18)6-19-12-5-9(2)11(14(15)16)4-10(12)3/h4-5,8H,6-7H2,1-3H3,(H2,13,17,18). The van der Waals surface area contributed by atoms with E-state index in [-0.39, 0.29) is 24.0 Å². The highest BCUT2D eigenvalue weighted by atomic mass is 32.2. The lowest BCUT2D eigenvalue weighted by molar-refractivity contribution is -0.385. The third-order valence-electron chi connectivity index (χ3n) is 2.73. The topological polar surface area (TPSA) is 113 Å². The van der Waals surface area contributed by atoms with E-state index in [9.17, 15) is 18.5 Å². The number of nitro benzene ring substituents is 1. The lowest BCUT2D eigenvalue weighted by atomic mass is 10.1. The molecule has 0 aromatic heterocycles. The minimum Gasteiger partial charge on any atom is -0.493 e. The third kappa shape index (κ3) is 4.78. The summed E-state index contributed by atoms with van der Waals surface area (Å²) in [6.07, 6.45) is 0. The number of nitrogens with two attached hydrogens (primary N) is 1. The lowest BCUT2D eigenvalue weighted by Gasteiger charge is -2.14. The van der Waals surface area contributed by atoms with Gasteiger partial charge in [0.15, 0.2) is 0 Å². The molecule has 0 spiro atoms. The molecular weight excluding hydrogens is 284 g/mol. The second kappa shape index (κ2) is 6.19. The molecule has 0 heterocycles. The van der Waals surface area contributed by atoms with Crippen LogP contribution in [0.1, 0.15) is 18.1 Å². The first-order valence-corrected chi connectivity index (χ1v) is 7.70. The molecule has 1 atom stereocenters. The van der Waals surface area contributed by atoms with Gasteiger partial charge in [-0.2, -0.15) is 0 Å². The molecule has 1 rings (SSSR count). The molecule has 0 amide bonds. The molecule has 0 aliphatic heterocycles. The minimum absolute atomic E-state index is 0.0347. The van der Waals surface area contributed by atoms with Crippen molar-refractivity contribution in [3.63, 3.8) is 0 Å². The fourth-order valence-corrected chi connectivity index (χ4v) is 2.69. The number of rotatable bonds is 6. The highest BCUT2D eigenvalue weighted by molar-refractivity contribution is 7.89. The first kappa shape index (κ1) is 16.4. The van der Waals surface area contributed by atoms with E-state index in [1.165, 1.54) is 6.07 Å². The predicted molar refractivity (Wildman–Crippen MR) is 75.2 cm³/mol. The summed E-state index contributed by atoms with van der Waals surface area (Å²) in [6.45, 7) is 5.21. The van der Waals surface area contributed by atoms with E-state index in [1.807, 2.05) is 0 Å². The molecule has 0 radical (unpaired) electrons. The van der Waals surface area contributed by atoms with Crippen LogP contribution in [-0.4, -0.2) is 25.7 Å². The zero-order valence-electron chi connectivity index (χ0n) is 11.6. The van der Waals surface area contributed by atoms with Crippen molar-refractivity contribution in [2.45, 2.75) is 20.8 Å². The Morgan fingerprint density at radius 2 is 1.95 bits per heavy atom. The van der Waals surface area contributed by atoms with Gasteiger partial charge in [-0.05, 0) is 25.5 Å². The largest absolute Gasteiger partial charge is 0.493 e. The molecule has 112 valence electrons. The SMILES string of the molecule is Cc1cc([N+](=O)[O-])c(C)cc1OCC(C)CS(N)(=O)=O. The number of sulfonamides is 1. The third-order valence-corrected chi connectivity index (χ3v) is 3.76.